The normalized spacial score (nSPS) is 11.7. The van der Waals surface area contributed by atoms with Gasteiger partial charge in [0.15, 0.2) is 0 Å². The number of aromatic amines is 1. The first-order valence-corrected chi connectivity index (χ1v) is 9.24. The number of benzene rings is 1. The molecule has 0 spiro atoms. The van der Waals surface area contributed by atoms with Gasteiger partial charge in [-0.3, -0.25) is 14.3 Å². The highest BCUT2D eigenvalue weighted by Crippen LogP contribution is 2.43. The summed E-state index contributed by atoms with van der Waals surface area (Å²) in [6, 6.07) is 6.68. The summed E-state index contributed by atoms with van der Waals surface area (Å²) in [4.78, 5) is 26.0. The average Bonchev–Trinajstić information content (AvgIpc) is 2.88. The van der Waals surface area contributed by atoms with Crippen molar-refractivity contribution in [3.63, 3.8) is 0 Å². The summed E-state index contributed by atoms with van der Waals surface area (Å²) in [5.41, 5.74) is -2.19. The first kappa shape index (κ1) is 18.9. The summed E-state index contributed by atoms with van der Waals surface area (Å²) >= 11 is 6.73. The number of nitrogens with one attached hydrogen (secondary N) is 1. The number of thiophene rings is 1. The van der Waals surface area contributed by atoms with Crippen LogP contribution in [0.25, 0.3) is 10.2 Å². The van der Waals surface area contributed by atoms with Crippen molar-refractivity contribution < 1.29 is 13.2 Å². The van der Waals surface area contributed by atoms with Gasteiger partial charge in [0.1, 0.15) is 4.83 Å². The first-order valence-electron chi connectivity index (χ1n) is 6.83. The Bertz CT molecular complexity index is 1190. The Morgan fingerprint density at radius 1 is 1.23 bits per heavy atom. The van der Waals surface area contributed by atoms with E-state index in [1.54, 1.807) is 12.1 Å². The molecule has 0 aliphatic carbocycles. The molecule has 134 valence electrons. The van der Waals surface area contributed by atoms with E-state index in [0.717, 1.165) is 4.57 Å². The fourth-order valence-electron chi connectivity index (χ4n) is 2.50. The molecule has 0 saturated heterocycles. The van der Waals surface area contributed by atoms with Crippen LogP contribution in [0.4, 0.5) is 13.2 Å². The number of halogens is 5. The maximum absolute atomic E-state index is 13.3. The van der Waals surface area contributed by atoms with E-state index in [0.29, 0.717) is 26.9 Å². The van der Waals surface area contributed by atoms with Gasteiger partial charge in [-0.1, -0.05) is 15.9 Å². The zero-order valence-electron chi connectivity index (χ0n) is 12.4. The van der Waals surface area contributed by atoms with Gasteiger partial charge in [0.25, 0.3) is 5.56 Å². The molecular formula is C15H6Br2F3N3O2S. The number of fused-ring (bicyclic) bond motifs is 1. The van der Waals surface area contributed by atoms with Crippen molar-refractivity contribution in [2.75, 3.05) is 0 Å². The van der Waals surface area contributed by atoms with E-state index in [1.165, 1.54) is 6.07 Å². The van der Waals surface area contributed by atoms with Crippen molar-refractivity contribution in [3.8, 4) is 6.07 Å². The highest BCUT2D eigenvalue weighted by Gasteiger charge is 2.38. The van der Waals surface area contributed by atoms with Crippen molar-refractivity contribution in [1.82, 2.24) is 9.55 Å². The number of alkyl halides is 3. The summed E-state index contributed by atoms with van der Waals surface area (Å²) in [6.07, 6.45) is -4.75. The Morgan fingerprint density at radius 2 is 1.92 bits per heavy atom. The molecule has 11 heteroatoms. The third-order valence-corrected chi connectivity index (χ3v) is 5.84. The Balaban J connectivity index is 2.28. The molecule has 1 N–H and O–H groups in total. The van der Waals surface area contributed by atoms with Crippen LogP contribution in [0, 0.1) is 11.3 Å². The quantitative estimate of drug-likeness (QED) is 0.563. The SMILES string of the molecule is N#Cc1cc(Br)cc(Cn2c(=O)[nH]c(=O)c3c(C(F)(F)F)c(Br)sc32)c1. The molecule has 0 radical (unpaired) electrons. The number of nitriles is 1. The molecule has 0 amide bonds. The zero-order valence-corrected chi connectivity index (χ0v) is 16.4. The van der Waals surface area contributed by atoms with Crippen molar-refractivity contribution in [2.24, 2.45) is 0 Å². The predicted molar refractivity (Wildman–Crippen MR) is 97.4 cm³/mol. The van der Waals surface area contributed by atoms with Crippen LogP contribution in [-0.2, 0) is 12.7 Å². The molecule has 2 aromatic heterocycles. The van der Waals surface area contributed by atoms with Crippen molar-refractivity contribution >= 4 is 53.4 Å². The summed E-state index contributed by atoms with van der Waals surface area (Å²) in [5, 5.41) is 8.44. The Labute approximate surface area is 164 Å². The Kier molecular flexibility index (Phi) is 4.85. The number of H-pyrrole nitrogens is 1. The molecule has 0 atom stereocenters. The third-order valence-electron chi connectivity index (χ3n) is 3.50. The molecule has 0 aliphatic rings. The minimum Gasteiger partial charge on any atom is -0.280 e. The van der Waals surface area contributed by atoms with E-state index in [2.05, 4.69) is 31.9 Å². The largest absolute Gasteiger partial charge is 0.419 e. The van der Waals surface area contributed by atoms with Crippen LogP contribution < -0.4 is 11.2 Å². The van der Waals surface area contributed by atoms with E-state index in [4.69, 9.17) is 5.26 Å². The van der Waals surface area contributed by atoms with Crippen LogP contribution in [0.3, 0.4) is 0 Å². The van der Waals surface area contributed by atoms with E-state index in [-0.39, 0.29) is 15.2 Å². The fourth-order valence-corrected chi connectivity index (χ4v) is 4.97. The molecule has 1 aromatic carbocycles. The average molecular weight is 509 g/mol. The molecule has 26 heavy (non-hydrogen) atoms. The van der Waals surface area contributed by atoms with E-state index in [1.807, 2.05) is 11.1 Å². The van der Waals surface area contributed by atoms with Gasteiger partial charge >= 0.3 is 11.9 Å². The Morgan fingerprint density at radius 3 is 2.54 bits per heavy atom. The topological polar surface area (TPSA) is 78.7 Å². The third kappa shape index (κ3) is 3.36. The summed E-state index contributed by atoms with van der Waals surface area (Å²) < 4.78 is 41.2. The highest BCUT2D eigenvalue weighted by atomic mass is 79.9. The van der Waals surface area contributed by atoms with E-state index < -0.39 is 28.4 Å². The highest BCUT2D eigenvalue weighted by molar-refractivity contribution is 9.11. The van der Waals surface area contributed by atoms with Crippen molar-refractivity contribution in [1.29, 1.82) is 5.26 Å². The van der Waals surface area contributed by atoms with Gasteiger partial charge in [0.2, 0.25) is 0 Å². The molecule has 3 rings (SSSR count). The van der Waals surface area contributed by atoms with Crippen LogP contribution >= 0.6 is 43.2 Å². The minimum absolute atomic E-state index is 0.101. The molecule has 0 bridgehead atoms. The van der Waals surface area contributed by atoms with Gasteiger partial charge in [-0.15, -0.1) is 11.3 Å². The predicted octanol–water partition coefficient (Wildman–Crippen LogP) is 4.22. The summed E-state index contributed by atoms with van der Waals surface area (Å²) in [6.45, 7) is -0.107. The maximum Gasteiger partial charge on any atom is 0.419 e. The van der Waals surface area contributed by atoms with Gasteiger partial charge in [-0.25, -0.2) is 4.79 Å². The van der Waals surface area contributed by atoms with Gasteiger partial charge < -0.3 is 0 Å². The number of rotatable bonds is 2. The lowest BCUT2D eigenvalue weighted by Crippen LogP contribution is -2.30. The standard InChI is InChI=1S/C15H6Br2F3N3O2S/c16-8-2-6(4-21)1-7(3-8)5-23-13-9(12(24)22-14(23)25)10(11(17)26-13)15(18,19)20/h1-3H,5H2,(H,22,24,25). The molecule has 0 aliphatic heterocycles. The van der Waals surface area contributed by atoms with E-state index >= 15 is 0 Å². The number of hydrogen-bond acceptors (Lipinski definition) is 4. The number of nitrogens with zero attached hydrogens (tertiary/aromatic N) is 2. The summed E-state index contributed by atoms with van der Waals surface area (Å²) in [7, 11) is 0. The molecule has 0 unspecified atom stereocenters. The lowest BCUT2D eigenvalue weighted by atomic mass is 10.1. The molecule has 3 aromatic rings. The van der Waals surface area contributed by atoms with Crippen LogP contribution in [0.2, 0.25) is 0 Å². The molecular weight excluding hydrogens is 503 g/mol. The lowest BCUT2D eigenvalue weighted by molar-refractivity contribution is -0.136. The zero-order chi connectivity index (χ0) is 19.2. The fraction of sp³-hybridized carbons (Fsp3) is 0.133. The van der Waals surface area contributed by atoms with Gasteiger partial charge in [0.05, 0.1) is 32.9 Å². The van der Waals surface area contributed by atoms with Crippen molar-refractivity contribution in [2.45, 2.75) is 12.7 Å². The van der Waals surface area contributed by atoms with Crippen LogP contribution in [0.15, 0.2) is 36.0 Å². The second-order valence-electron chi connectivity index (χ2n) is 5.23. The van der Waals surface area contributed by atoms with Crippen LogP contribution in [0.5, 0.6) is 0 Å². The molecule has 0 fully saturated rings. The lowest BCUT2D eigenvalue weighted by Gasteiger charge is -2.09. The number of aromatic nitrogens is 2. The van der Waals surface area contributed by atoms with Crippen LogP contribution in [0.1, 0.15) is 16.7 Å². The monoisotopic (exact) mass is 507 g/mol. The second-order valence-corrected chi connectivity index (χ2v) is 8.47. The maximum atomic E-state index is 13.3. The van der Waals surface area contributed by atoms with Crippen molar-refractivity contribution in [3.05, 3.63) is 64.0 Å². The van der Waals surface area contributed by atoms with Gasteiger partial charge in [-0.05, 0) is 39.7 Å². The van der Waals surface area contributed by atoms with Gasteiger partial charge in [0, 0.05) is 4.47 Å². The molecule has 0 saturated carbocycles. The molecule has 5 nitrogen and oxygen atoms in total. The Hall–Kier alpha value is -1.90. The smallest absolute Gasteiger partial charge is 0.280 e. The van der Waals surface area contributed by atoms with Gasteiger partial charge in [-0.2, -0.15) is 18.4 Å². The van der Waals surface area contributed by atoms with Crippen LogP contribution in [-0.4, -0.2) is 9.55 Å². The van der Waals surface area contributed by atoms with E-state index in [9.17, 15) is 22.8 Å². The minimum atomic E-state index is -4.75. The second kappa shape index (κ2) is 6.68. The summed E-state index contributed by atoms with van der Waals surface area (Å²) in [5.74, 6) is 0. The molecule has 2 heterocycles. The number of hydrogen-bond donors (Lipinski definition) is 1. The first-order chi connectivity index (χ1) is 12.1.